The largest absolute Gasteiger partial charge is 0.330 e. The van der Waals surface area contributed by atoms with Gasteiger partial charge in [-0.3, -0.25) is 29.6 Å². The number of benzene rings is 2. The zero-order valence-corrected chi connectivity index (χ0v) is 28.9. The number of carbonyl (C=O) groups is 3. The molecule has 1 aliphatic rings. The lowest BCUT2D eigenvalue weighted by atomic mass is 9.79. The Morgan fingerprint density at radius 2 is 1.57 bits per heavy atom. The number of rotatable bonds is 15. The maximum atomic E-state index is 13.6. The van der Waals surface area contributed by atoms with E-state index in [0.29, 0.717) is 31.7 Å². The monoisotopic (exact) mass is 674 g/mol. The standard InChI is InChI=1S/C28H46N4O4.C7H8O3S/c1-21(2)19-25(24(28(35)31-36)16-9-15-22-11-5-3-6-12-22)27(34)30-32(26(33)17-10-18-29)20-23-13-7-4-8-14-23;1-6-2-4-7(5-3-6)11(8,9)10/h4,7-8,13-14,21-22,24-25,36H,3,5-6,9-12,15-20,29H2,1-2H3,(H,30,34)(H,31,35);2-5H,1H3,(H,8,9,10)/t24-,25+;/m0./s1. The van der Waals surface area contributed by atoms with E-state index in [-0.39, 0.29) is 35.6 Å². The minimum absolute atomic E-state index is 0.0666. The second kappa shape index (κ2) is 20.8. The molecule has 1 fully saturated rings. The highest BCUT2D eigenvalue weighted by molar-refractivity contribution is 7.85. The van der Waals surface area contributed by atoms with Gasteiger partial charge in [-0.15, -0.1) is 0 Å². The van der Waals surface area contributed by atoms with Gasteiger partial charge in [-0.2, -0.15) is 8.42 Å². The van der Waals surface area contributed by atoms with Crippen LogP contribution in [-0.2, 0) is 31.0 Å². The molecule has 47 heavy (non-hydrogen) atoms. The summed E-state index contributed by atoms with van der Waals surface area (Å²) in [6, 6.07) is 15.4. The summed E-state index contributed by atoms with van der Waals surface area (Å²) in [4.78, 5) is 39.2. The minimum Gasteiger partial charge on any atom is -0.330 e. The molecule has 2 aromatic carbocycles. The molecular weight excluding hydrogens is 620 g/mol. The summed E-state index contributed by atoms with van der Waals surface area (Å²) < 4.78 is 29.6. The van der Waals surface area contributed by atoms with Gasteiger partial charge in [0.1, 0.15) is 0 Å². The van der Waals surface area contributed by atoms with Gasteiger partial charge in [0.2, 0.25) is 17.7 Å². The number of nitrogens with two attached hydrogens (primary N) is 1. The zero-order chi connectivity index (χ0) is 34.8. The first kappa shape index (κ1) is 39.9. The molecule has 0 aliphatic heterocycles. The van der Waals surface area contributed by atoms with Gasteiger partial charge >= 0.3 is 0 Å². The number of aryl methyl sites for hydroxylation is 1. The molecule has 0 aromatic heterocycles. The molecule has 2 atom stereocenters. The summed E-state index contributed by atoms with van der Waals surface area (Å²) in [5, 5.41) is 10.8. The molecule has 12 heteroatoms. The highest BCUT2D eigenvalue weighted by Crippen LogP contribution is 2.31. The number of amides is 3. The van der Waals surface area contributed by atoms with Crippen LogP contribution in [0.2, 0.25) is 0 Å². The first-order valence-corrected chi connectivity index (χ1v) is 18.1. The SMILES string of the molecule is CC(C)C[C@@H](C(=O)NN(Cc1ccccc1)C(=O)CCCN)[C@H](CCCC1CCCCC1)C(=O)NO.Cc1ccc(S(=O)(=O)O)cc1. The number of nitrogens with zero attached hydrogens (tertiary/aromatic N) is 1. The first-order chi connectivity index (χ1) is 22.3. The van der Waals surface area contributed by atoms with Gasteiger partial charge in [-0.25, -0.2) is 10.5 Å². The number of nitrogens with one attached hydrogen (secondary N) is 2. The third-order valence-corrected chi connectivity index (χ3v) is 9.36. The lowest BCUT2D eigenvalue weighted by Gasteiger charge is -2.30. The van der Waals surface area contributed by atoms with Gasteiger partial charge in [-0.1, -0.05) is 107 Å². The second-order valence-corrected chi connectivity index (χ2v) is 14.3. The summed E-state index contributed by atoms with van der Waals surface area (Å²) in [6.45, 7) is 6.46. The van der Waals surface area contributed by atoms with E-state index in [4.69, 9.17) is 10.3 Å². The number of hydroxylamine groups is 1. The molecule has 0 spiro atoms. The lowest BCUT2D eigenvalue weighted by molar-refractivity contribution is -0.148. The van der Waals surface area contributed by atoms with Crippen LogP contribution < -0.4 is 16.6 Å². The van der Waals surface area contributed by atoms with Crippen LogP contribution in [0, 0.1) is 30.6 Å². The van der Waals surface area contributed by atoms with Crippen molar-refractivity contribution in [2.45, 2.75) is 103 Å². The Balaban J connectivity index is 0.000000587. The van der Waals surface area contributed by atoms with E-state index >= 15 is 0 Å². The van der Waals surface area contributed by atoms with E-state index in [1.165, 1.54) is 49.2 Å². The van der Waals surface area contributed by atoms with Gasteiger partial charge in [0, 0.05) is 6.42 Å². The van der Waals surface area contributed by atoms with Gasteiger partial charge in [0.15, 0.2) is 0 Å². The predicted molar refractivity (Wildman–Crippen MR) is 181 cm³/mol. The van der Waals surface area contributed by atoms with Gasteiger partial charge in [0.05, 0.1) is 23.3 Å². The van der Waals surface area contributed by atoms with Crippen LogP contribution in [-0.4, -0.2) is 47.5 Å². The Bertz CT molecular complexity index is 1330. The molecule has 1 saturated carbocycles. The molecule has 1 aliphatic carbocycles. The topological polar surface area (TPSA) is 179 Å². The second-order valence-electron chi connectivity index (χ2n) is 12.9. The van der Waals surface area contributed by atoms with Crippen LogP contribution >= 0.6 is 0 Å². The summed E-state index contributed by atoms with van der Waals surface area (Å²) >= 11 is 0. The Morgan fingerprint density at radius 1 is 0.936 bits per heavy atom. The molecule has 262 valence electrons. The first-order valence-electron chi connectivity index (χ1n) is 16.7. The zero-order valence-electron chi connectivity index (χ0n) is 28.1. The van der Waals surface area contributed by atoms with Crippen LogP contribution in [0.5, 0.6) is 0 Å². The summed E-state index contributed by atoms with van der Waals surface area (Å²) in [5.74, 6) is -1.63. The Hall–Kier alpha value is -3.32. The van der Waals surface area contributed by atoms with E-state index in [2.05, 4.69) is 5.43 Å². The number of carbonyl (C=O) groups excluding carboxylic acids is 3. The van der Waals surface area contributed by atoms with Crippen molar-refractivity contribution in [2.24, 2.45) is 29.4 Å². The molecule has 3 amide bonds. The smallest absolute Gasteiger partial charge is 0.294 e. The maximum absolute atomic E-state index is 13.6. The van der Waals surface area contributed by atoms with Crippen molar-refractivity contribution < 1.29 is 32.6 Å². The highest BCUT2D eigenvalue weighted by Gasteiger charge is 2.35. The predicted octanol–water partition coefficient (Wildman–Crippen LogP) is 5.56. The fraction of sp³-hybridized carbons (Fsp3) is 0.571. The van der Waals surface area contributed by atoms with E-state index in [1.807, 2.05) is 51.1 Å². The van der Waals surface area contributed by atoms with E-state index < -0.39 is 27.9 Å². The summed E-state index contributed by atoms with van der Waals surface area (Å²) in [6.07, 6.45) is 9.88. The molecule has 2 aromatic rings. The normalized spacial score (nSPS) is 14.8. The van der Waals surface area contributed by atoms with Crippen molar-refractivity contribution in [1.29, 1.82) is 0 Å². The summed E-state index contributed by atoms with van der Waals surface area (Å²) in [7, 11) is -4.02. The molecule has 0 unspecified atom stereocenters. The third-order valence-electron chi connectivity index (χ3n) is 8.49. The average molecular weight is 675 g/mol. The van der Waals surface area contributed by atoms with Crippen molar-refractivity contribution in [3.8, 4) is 0 Å². The molecular formula is C35H54N4O7S. The van der Waals surface area contributed by atoms with Crippen molar-refractivity contribution in [2.75, 3.05) is 6.54 Å². The van der Waals surface area contributed by atoms with E-state index in [9.17, 15) is 28.0 Å². The maximum Gasteiger partial charge on any atom is 0.294 e. The Labute approximate surface area is 280 Å². The van der Waals surface area contributed by atoms with Crippen LogP contribution in [0.1, 0.15) is 95.6 Å². The van der Waals surface area contributed by atoms with Crippen molar-refractivity contribution in [3.05, 3.63) is 65.7 Å². The quantitative estimate of drug-likeness (QED) is 0.0925. The molecule has 0 radical (unpaired) electrons. The third kappa shape index (κ3) is 15.0. The Morgan fingerprint density at radius 3 is 2.13 bits per heavy atom. The fourth-order valence-corrected chi connectivity index (χ4v) is 6.41. The number of hydrogen-bond acceptors (Lipinski definition) is 7. The van der Waals surface area contributed by atoms with Crippen LogP contribution in [0.3, 0.4) is 0 Å². The molecule has 0 heterocycles. The van der Waals surface area contributed by atoms with Gasteiger partial charge in [0.25, 0.3) is 10.1 Å². The molecule has 0 saturated heterocycles. The van der Waals surface area contributed by atoms with Gasteiger partial charge in [-0.05, 0) is 62.3 Å². The minimum atomic E-state index is -4.02. The molecule has 6 N–H and O–H groups in total. The molecule has 11 nitrogen and oxygen atoms in total. The van der Waals surface area contributed by atoms with Crippen molar-refractivity contribution in [3.63, 3.8) is 0 Å². The summed E-state index contributed by atoms with van der Waals surface area (Å²) in [5.41, 5.74) is 12.1. The number of hydrogen-bond donors (Lipinski definition) is 5. The lowest BCUT2D eigenvalue weighted by Crippen LogP contribution is -2.50. The van der Waals surface area contributed by atoms with E-state index in [1.54, 1.807) is 17.6 Å². The van der Waals surface area contributed by atoms with E-state index in [0.717, 1.165) is 24.0 Å². The molecule has 0 bridgehead atoms. The fourth-order valence-electron chi connectivity index (χ4n) is 5.93. The molecule has 3 rings (SSSR count). The Kier molecular flexibility index (Phi) is 17.7. The van der Waals surface area contributed by atoms with Crippen LogP contribution in [0.4, 0.5) is 0 Å². The number of hydrazine groups is 1. The van der Waals surface area contributed by atoms with Crippen LogP contribution in [0.25, 0.3) is 0 Å². The van der Waals surface area contributed by atoms with Gasteiger partial charge < -0.3 is 5.73 Å². The average Bonchev–Trinajstić information content (AvgIpc) is 3.05. The highest BCUT2D eigenvalue weighted by atomic mass is 32.2. The van der Waals surface area contributed by atoms with Crippen molar-refractivity contribution >= 4 is 27.8 Å². The van der Waals surface area contributed by atoms with Crippen LogP contribution in [0.15, 0.2) is 59.5 Å². The van der Waals surface area contributed by atoms with Crippen molar-refractivity contribution in [1.82, 2.24) is 15.9 Å².